The van der Waals surface area contributed by atoms with Crippen LogP contribution in [-0.2, 0) is 9.53 Å². The first-order chi connectivity index (χ1) is 6.15. The highest BCUT2D eigenvalue weighted by Crippen LogP contribution is 2.05. The Balaban J connectivity index is 2.45. The number of piperazine rings is 1. The Morgan fingerprint density at radius 3 is 2.92 bits per heavy atom. The molecule has 0 aromatic rings. The SMILES string of the molecule is COC(=O)C(C)N1CCNC(C)C1. The van der Waals surface area contributed by atoms with Crippen molar-refractivity contribution in [1.82, 2.24) is 10.2 Å². The minimum Gasteiger partial charge on any atom is -0.468 e. The predicted octanol–water partition coefficient (Wildman–Crippen LogP) is -0.158. The van der Waals surface area contributed by atoms with E-state index in [-0.39, 0.29) is 12.0 Å². The molecule has 1 fully saturated rings. The Labute approximate surface area is 79.2 Å². The normalized spacial score (nSPS) is 26.8. The lowest BCUT2D eigenvalue weighted by atomic mass is 10.2. The second-order valence-corrected chi connectivity index (χ2v) is 3.55. The molecule has 13 heavy (non-hydrogen) atoms. The van der Waals surface area contributed by atoms with E-state index in [1.54, 1.807) is 0 Å². The maximum atomic E-state index is 11.2. The molecule has 1 aliphatic rings. The van der Waals surface area contributed by atoms with Crippen LogP contribution in [0.3, 0.4) is 0 Å². The highest BCUT2D eigenvalue weighted by Gasteiger charge is 2.25. The van der Waals surface area contributed by atoms with Crippen LogP contribution in [0, 0.1) is 0 Å². The summed E-state index contributed by atoms with van der Waals surface area (Å²) in [6.07, 6.45) is 0. The van der Waals surface area contributed by atoms with Gasteiger partial charge in [-0.05, 0) is 13.8 Å². The van der Waals surface area contributed by atoms with E-state index < -0.39 is 0 Å². The van der Waals surface area contributed by atoms with E-state index >= 15 is 0 Å². The fraction of sp³-hybridized carbons (Fsp3) is 0.889. The summed E-state index contributed by atoms with van der Waals surface area (Å²) in [5.41, 5.74) is 0. The van der Waals surface area contributed by atoms with Crippen molar-refractivity contribution >= 4 is 5.97 Å². The van der Waals surface area contributed by atoms with Crippen LogP contribution in [0.4, 0.5) is 0 Å². The minimum absolute atomic E-state index is 0.116. The van der Waals surface area contributed by atoms with Crippen LogP contribution >= 0.6 is 0 Å². The van der Waals surface area contributed by atoms with Crippen molar-refractivity contribution in [2.45, 2.75) is 25.9 Å². The Bertz CT molecular complexity index is 184. The van der Waals surface area contributed by atoms with Crippen molar-refractivity contribution in [1.29, 1.82) is 0 Å². The summed E-state index contributed by atoms with van der Waals surface area (Å²) in [6.45, 7) is 6.79. The average Bonchev–Trinajstić information content (AvgIpc) is 2.15. The van der Waals surface area contributed by atoms with Gasteiger partial charge in [-0.3, -0.25) is 9.69 Å². The highest BCUT2D eigenvalue weighted by atomic mass is 16.5. The van der Waals surface area contributed by atoms with Crippen molar-refractivity contribution < 1.29 is 9.53 Å². The van der Waals surface area contributed by atoms with E-state index in [2.05, 4.69) is 17.1 Å². The summed E-state index contributed by atoms with van der Waals surface area (Å²) >= 11 is 0. The largest absolute Gasteiger partial charge is 0.468 e. The van der Waals surface area contributed by atoms with Gasteiger partial charge in [0.15, 0.2) is 0 Å². The molecule has 76 valence electrons. The van der Waals surface area contributed by atoms with Gasteiger partial charge in [-0.25, -0.2) is 0 Å². The van der Waals surface area contributed by atoms with Gasteiger partial charge < -0.3 is 10.1 Å². The lowest BCUT2D eigenvalue weighted by Gasteiger charge is -2.34. The zero-order valence-corrected chi connectivity index (χ0v) is 8.54. The van der Waals surface area contributed by atoms with Gasteiger partial charge >= 0.3 is 5.97 Å². The third-order valence-electron chi connectivity index (χ3n) is 2.49. The maximum Gasteiger partial charge on any atom is 0.322 e. The number of ether oxygens (including phenoxy) is 1. The topological polar surface area (TPSA) is 41.6 Å². The zero-order valence-electron chi connectivity index (χ0n) is 8.54. The third kappa shape index (κ3) is 2.67. The lowest BCUT2D eigenvalue weighted by Crippen LogP contribution is -2.54. The molecule has 0 aliphatic carbocycles. The van der Waals surface area contributed by atoms with Gasteiger partial charge in [0.2, 0.25) is 0 Å². The van der Waals surface area contributed by atoms with Crippen LogP contribution in [0.1, 0.15) is 13.8 Å². The van der Waals surface area contributed by atoms with Crippen molar-refractivity contribution in [3.05, 3.63) is 0 Å². The summed E-state index contributed by atoms with van der Waals surface area (Å²) in [4.78, 5) is 13.4. The first-order valence-electron chi connectivity index (χ1n) is 4.70. The second kappa shape index (κ2) is 4.58. The molecule has 4 nitrogen and oxygen atoms in total. The minimum atomic E-state index is -0.144. The van der Waals surface area contributed by atoms with E-state index in [9.17, 15) is 4.79 Å². The van der Waals surface area contributed by atoms with E-state index in [0.717, 1.165) is 19.6 Å². The van der Waals surface area contributed by atoms with Crippen molar-refractivity contribution in [2.24, 2.45) is 0 Å². The highest BCUT2D eigenvalue weighted by molar-refractivity contribution is 5.75. The first kappa shape index (κ1) is 10.5. The number of hydrogen-bond acceptors (Lipinski definition) is 4. The average molecular weight is 186 g/mol. The molecule has 0 saturated carbocycles. The molecule has 0 aromatic heterocycles. The molecular formula is C9H18N2O2. The molecule has 0 radical (unpaired) electrons. The number of rotatable bonds is 2. The van der Waals surface area contributed by atoms with Crippen LogP contribution in [0.2, 0.25) is 0 Å². The molecule has 2 atom stereocenters. The summed E-state index contributed by atoms with van der Waals surface area (Å²) in [5, 5.41) is 3.33. The number of methoxy groups -OCH3 is 1. The van der Waals surface area contributed by atoms with E-state index in [0.29, 0.717) is 6.04 Å². The van der Waals surface area contributed by atoms with Gasteiger partial charge in [-0.2, -0.15) is 0 Å². The lowest BCUT2D eigenvalue weighted by molar-refractivity contribution is -0.146. The van der Waals surface area contributed by atoms with E-state index in [1.807, 2.05) is 6.92 Å². The Morgan fingerprint density at radius 1 is 1.69 bits per heavy atom. The molecule has 0 amide bonds. The Hall–Kier alpha value is -0.610. The summed E-state index contributed by atoms with van der Waals surface area (Å²) in [6, 6.07) is 0.343. The number of nitrogens with one attached hydrogen (secondary N) is 1. The molecule has 2 unspecified atom stereocenters. The molecule has 0 bridgehead atoms. The quantitative estimate of drug-likeness (QED) is 0.609. The van der Waals surface area contributed by atoms with Gasteiger partial charge in [0.1, 0.15) is 6.04 Å². The van der Waals surface area contributed by atoms with Gasteiger partial charge in [-0.1, -0.05) is 0 Å². The standard InChI is InChI=1S/C9H18N2O2/c1-7-6-11(5-4-10-7)8(2)9(12)13-3/h7-8,10H,4-6H2,1-3H3. The summed E-state index contributed by atoms with van der Waals surface area (Å²) < 4.78 is 4.70. The second-order valence-electron chi connectivity index (χ2n) is 3.55. The molecule has 1 N–H and O–H groups in total. The van der Waals surface area contributed by atoms with Crippen molar-refractivity contribution in [3.63, 3.8) is 0 Å². The molecule has 1 saturated heterocycles. The molecule has 1 rings (SSSR count). The zero-order chi connectivity index (χ0) is 9.84. The number of nitrogens with zero attached hydrogens (tertiary/aromatic N) is 1. The van der Waals surface area contributed by atoms with Crippen molar-refractivity contribution in [2.75, 3.05) is 26.7 Å². The molecule has 0 spiro atoms. The van der Waals surface area contributed by atoms with Crippen LogP contribution in [-0.4, -0.2) is 49.7 Å². The molecule has 1 aliphatic heterocycles. The monoisotopic (exact) mass is 186 g/mol. The van der Waals surface area contributed by atoms with Crippen LogP contribution < -0.4 is 5.32 Å². The fourth-order valence-corrected chi connectivity index (χ4v) is 1.63. The van der Waals surface area contributed by atoms with Gasteiger partial charge in [-0.15, -0.1) is 0 Å². The number of carbonyl (C=O) groups is 1. The number of hydrogen-bond donors (Lipinski definition) is 1. The molecule has 1 heterocycles. The van der Waals surface area contributed by atoms with Gasteiger partial charge in [0.05, 0.1) is 7.11 Å². The molecular weight excluding hydrogens is 168 g/mol. The third-order valence-corrected chi connectivity index (χ3v) is 2.49. The maximum absolute atomic E-state index is 11.2. The van der Waals surface area contributed by atoms with Gasteiger partial charge in [0, 0.05) is 25.7 Å². The summed E-state index contributed by atoms with van der Waals surface area (Å²) in [7, 11) is 1.43. The fourth-order valence-electron chi connectivity index (χ4n) is 1.63. The smallest absolute Gasteiger partial charge is 0.322 e. The molecule has 4 heteroatoms. The van der Waals surface area contributed by atoms with Crippen LogP contribution in [0.15, 0.2) is 0 Å². The Morgan fingerprint density at radius 2 is 2.38 bits per heavy atom. The summed E-state index contributed by atoms with van der Waals surface area (Å²) in [5.74, 6) is -0.144. The van der Waals surface area contributed by atoms with Crippen LogP contribution in [0.25, 0.3) is 0 Å². The first-order valence-corrected chi connectivity index (χ1v) is 4.70. The van der Waals surface area contributed by atoms with Crippen molar-refractivity contribution in [3.8, 4) is 0 Å². The number of carbonyl (C=O) groups excluding carboxylic acids is 1. The van der Waals surface area contributed by atoms with E-state index in [4.69, 9.17) is 4.74 Å². The predicted molar refractivity (Wildman–Crippen MR) is 50.5 cm³/mol. The van der Waals surface area contributed by atoms with E-state index in [1.165, 1.54) is 7.11 Å². The van der Waals surface area contributed by atoms with Gasteiger partial charge in [0.25, 0.3) is 0 Å². The molecule has 0 aromatic carbocycles. The number of esters is 1. The Kier molecular flexibility index (Phi) is 3.69. The van der Waals surface area contributed by atoms with Crippen LogP contribution in [0.5, 0.6) is 0 Å².